The third-order valence-electron chi connectivity index (χ3n) is 1.03. The number of hydrogen-bond acceptors (Lipinski definition) is 2. The predicted octanol–water partition coefficient (Wildman–Crippen LogP) is 2.47. The number of phenolic OH excluding ortho intramolecular Hbond substituents is 1. The Balaban J connectivity index is 3.18. The van der Waals surface area contributed by atoms with Crippen molar-refractivity contribution < 1.29 is 9.50 Å². The van der Waals surface area contributed by atoms with Gasteiger partial charge in [0.05, 0.1) is 0 Å². The van der Waals surface area contributed by atoms with Crippen LogP contribution in [-0.2, 0) is 0 Å². The highest BCUT2D eigenvalue weighted by molar-refractivity contribution is 5.42. The van der Waals surface area contributed by atoms with E-state index in [2.05, 4.69) is 10.0 Å². The molecule has 0 bridgehead atoms. The average Bonchev–Trinajstić information content (AvgIpc) is 1.85. The van der Waals surface area contributed by atoms with E-state index in [0.717, 1.165) is 12.1 Å². The fourth-order valence-corrected chi connectivity index (χ4v) is 0.668. The number of hydrogen-bond donors (Lipinski definition) is 1. The second-order valence-corrected chi connectivity index (χ2v) is 1.86. The third-order valence-corrected chi connectivity index (χ3v) is 1.03. The molecular weight excluding hydrogens is 149 g/mol. The predicted molar refractivity (Wildman–Crippen MR) is 36.9 cm³/mol. The van der Waals surface area contributed by atoms with Crippen molar-refractivity contribution in [3.8, 4) is 5.75 Å². The first-order chi connectivity index (χ1) is 5.22. The van der Waals surface area contributed by atoms with Gasteiger partial charge in [0.2, 0.25) is 0 Å². The Morgan fingerprint density at radius 2 is 2.18 bits per heavy atom. The molecule has 0 amide bonds. The van der Waals surface area contributed by atoms with E-state index in [1.165, 1.54) is 6.07 Å². The molecular formula is C6H4FN3O. The number of phenols is 1. The SMILES string of the molecule is [N-]=[N+]=Nc1cc(O)cc(F)c1. The van der Waals surface area contributed by atoms with Gasteiger partial charge in [-0.15, -0.1) is 0 Å². The summed E-state index contributed by atoms with van der Waals surface area (Å²) >= 11 is 0. The molecule has 0 radical (unpaired) electrons. The molecule has 1 aromatic rings. The van der Waals surface area contributed by atoms with Gasteiger partial charge >= 0.3 is 0 Å². The van der Waals surface area contributed by atoms with E-state index in [4.69, 9.17) is 10.6 Å². The largest absolute Gasteiger partial charge is 0.508 e. The fraction of sp³-hybridized carbons (Fsp3) is 0. The van der Waals surface area contributed by atoms with Gasteiger partial charge < -0.3 is 5.11 Å². The summed E-state index contributed by atoms with van der Waals surface area (Å²) in [6.07, 6.45) is 0. The lowest BCUT2D eigenvalue weighted by atomic mass is 10.3. The summed E-state index contributed by atoms with van der Waals surface area (Å²) < 4.78 is 12.4. The Hall–Kier alpha value is -1.74. The first-order valence-electron chi connectivity index (χ1n) is 2.77. The van der Waals surface area contributed by atoms with Gasteiger partial charge in [0.15, 0.2) is 0 Å². The molecule has 11 heavy (non-hydrogen) atoms. The summed E-state index contributed by atoms with van der Waals surface area (Å²) in [5, 5.41) is 11.9. The minimum atomic E-state index is -0.632. The zero-order valence-electron chi connectivity index (χ0n) is 5.40. The molecule has 0 atom stereocenters. The summed E-state index contributed by atoms with van der Waals surface area (Å²) in [5.41, 5.74) is 8.02. The second-order valence-electron chi connectivity index (χ2n) is 1.86. The van der Waals surface area contributed by atoms with E-state index in [9.17, 15) is 4.39 Å². The van der Waals surface area contributed by atoms with Gasteiger partial charge in [0.1, 0.15) is 11.6 Å². The zero-order valence-corrected chi connectivity index (χ0v) is 5.40. The Morgan fingerprint density at radius 1 is 1.45 bits per heavy atom. The molecule has 0 aliphatic heterocycles. The summed E-state index contributed by atoms with van der Waals surface area (Å²) in [4.78, 5) is 2.44. The highest BCUT2D eigenvalue weighted by Crippen LogP contribution is 2.20. The molecule has 0 heterocycles. The van der Waals surface area contributed by atoms with Gasteiger partial charge in [-0.05, 0) is 17.7 Å². The van der Waals surface area contributed by atoms with Crippen LogP contribution in [0.3, 0.4) is 0 Å². The van der Waals surface area contributed by atoms with Crippen LogP contribution in [0.15, 0.2) is 23.3 Å². The number of rotatable bonds is 1. The molecule has 0 unspecified atom stereocenters. The molecule has 0 saturated carbocycles. The molecule has 0 aliphatic rings. The molecule has 0 aromatic heterocycles. The van der Waals surface area contributed by atoms with Crippen molar-refractivity contribution in [1.29, 1.82) is 0 Å². The van der Waals surface area contributed by atoms with Crippen molar-refractivity contribution in [2.75, 3.05) is 0 Å². The van der Waals surface area contributed by atoms with Crippen LogP contribution in [0.4, 0.5) is 10.1 Å². The van der Waals surface area contributed by atoms with Crippen molar-refractivity contribution in [3.05, 3.63) is 34.5 Å². The Kier molecular flexibility index (Phi) is 1.94. The van der Waals surface area contributed by atoms with Gasteiger partial charge in [0, 0.05) is 16.7 Å². The van der Waals surface area contributed by atoms with E-state index in [-0.39, 0.29) is 11.4 Å². The van der Waals surface area contributed by atoms with E-state index < -0.39 is 5.82 Å². The van der Waals surface area contributed by atoms with Crippen LogP contribution in [0.5, 0.6) is 5.75 Å². The minimum Gasteiger partial charge on any atom is -0.508 e. The first-order valence-corrected chi connectivity index (χ1v) is 2.77. The average molecular weight is 153 g/mol. The van der Waals surface area contributed by atoms with Crippen molar-refractivity contribution in [3.63, 3.8) is 0 Å². The second kappa shape index (κ2) is 2.90. The fourth-order valence-electron chi connectivity index (χ4n) is 0.668. The molecule has 0 fully saturated rings. The molecule has 1 rings (SSSR count). The van der Waals surface area contributed by atoms with Crippen molar-refractivity contribution in [2.24, 2.45) is 5.11 Å². The normalized spacial score (nSPS) is 8.82. The Bertz CT molecular complexity index is 299. The van der Waals surface area contributed by atoms with E-state index in [1.54, 1.807) is 0 Å². The van der Waals surface area contributed by atoms with E-state index in [0.29, 0.717) is 0 Å². The molecule has 0 saturated heterocycles. The van der Waals surface area contributed by atoms with Crippen LogP contribution in [-0.4, -0.2) is 5.11 Å². The maximum absolute atomic E-state index is 12.4. The van der Waals surface area contributed by atoms with Crippen molar-refractivity contribution >= 4 is 5.69 Å². The summed E-state index contributed by atoms with van der Waals surface area (Å²) in [6.45, 7) is 0. The van der Waals surface area contributed by atoms with Crippen LogP contribution in [0.2, 0.25) is 0 Å². The number of nitrogens with zero attached hydrogens (tertiary/aromatic N) is 3. The van der Waals surface area contributed by atoms with Crippen LogP contribution in [0.1, 0.15) is 0 Å². The van der Waals surface area contributed by atoms with Crippen LogP contribution < -0.4 is 0 Å². The first kappa shape index (κ1) is 7.37. The molecule has 0 aliphatic carbocycles. The van der Waals surface area contributed by atoms with Gasteiger partial charge in [0.25, 0.3) is 0 Å². The van der Waals surface area contributed by atoms with Gasteiger partial charge in [-0.1, -0.05) is 5.11 Å². The summed E-state index contributed by atoms with van der Waals surface area (Å²) in [7, 11) is 0. The molecule has 4 nitrogen and oxygen atoms in total. The highest BCUT2D eigenvalue weighted by Gasteiger charge is 1.95. The quantitative estimate of drug-likeness (QED) is 0.375. The Morgan fingerprint density at radius 3 is 2.73 bits per heavy atom. The van der Waals surface area contributed by atoms with E-state index >= 15 is 0 Å². The summed E-state index contributed by atoms with van der Waals surface area (Å²) in [5.74, 6) is -0.889. The maximum Gasteiger partial charge on any atom is 0.127 e. The smallest absolute Gasteiger partial charge is 0.127 e. The molecule has 0 spiro atoms. The van der Waals surface area contributed by atoms with Crippen LogP contribution in [0.25, 0.3) is 10.4 Å². The molecule has 1 aromatic carbocycles. The van der Waals surface area contributed by atoms with Gasteiger partial charge in [-0.25, -0.2) is 4.39 Å². The van der Waals surface area contributed by atoms with Crippen LogP contribution in [0, 0.1) is 5.82 Å². The van der Waals surface area contributed by atoms with E-state index in [1.807, 2.05) is 0 Å². The lowest BCUT2D eigenvalue weighted by molar-refractivity contribution is 0.469. The van der Waals surface area contributed by atoms with Crippen molar-refractivity contribution in [2.45, 2.75) is 0 Å². The van der Waals surface area contributed by atoms with Crippen molar-refractivity contribution in [1.82, 2.24) is 0 Å². The number of azide groups is 1. The van der Waals surface area contributed by atoms with Gasteiger partial charge in [-0.3, -0.25) is 0 Å². The third kappa shape index (κ3) is 1.84. The number of benzene rings is 1. The lowest BCUT2D eigenvalue weighted by Gasteiger charge is -1.93. The standard InChI is InChI=1S/C6H4FN3O/c7-4-1-5(9-10-8)3-6(11)2-4/h1-3,11H. The van der Waals surface area contributed by atoms with Gasteiger partial charge in [-0.2, -0.15) is 0 Å². The molecule has 56 valence electrons. The molecule has 5 heteroatoms. The number of halogens is 1. The number of aromatic hydroxyl groups is 1. The summed E-state index contributed by atoms with van der Waals surface area (Å²) in [6, 6.07) is 3.12. The highest BCUT2D eigenvalue weighted by atomic mass is 19.1. The van der Waals surface area contributed by atoms with Crippen LogP contribution >= 0.6 is 0 Å². The zero-order chi connectivity index (χ0) is 8.27. The minimum absolute atomic E-state index is 0.0602. The Labute approximate surface area is 61.5 Å². The topological polar surface area (TPSA) is 69.0 Å². The monoisotopic (exact) mass is 153 g/mol. The maximum atomic E-state index is 12.4. The lowest BCUT2D eigenvalue weighted by Crippen LogP contribution is -1.71. The molecule has 1 N–H and O–H groups in total.